The number of aryl methyl sites for hydroxylation is 1. The van der Waals surface area contributed by atoms with Crippen molar-refractivity contribution in [3.05, 3.63) is 35.4 Å². The van der Waals surface area contributed by atoms with Gasteiger partial charge in [0.25, 0.3) is 0 Å². The standard InChI is InChI=1S/C16H21NO4/c1-11-6-2-3-7-12(11)10-21-16(20)17-14-9-5-4-8-13(14)15(18)19/h2-3,6-7,13-14H,4-5,8-10H2,1H3,(H,17,20)(H,18,19)/t13-,14-/m1/s1. The summed E-state index contributed by atoms with van der Waals surface area (Å²) in [6, 6.07) is 7.35. The molecule has 114 valence electrons. The molecule has 0 radical (unpaired) electrons. The molecular weight excluding hydrogens is 270 g/mol. The zero-order valence-electron chi connectivity index (χ0n) is 12.2. The Bertz CT molecular complexity index is 515. The number of nitrogens with one attached hydrogen (secondary N) is 1. The first kappa shape index (κ1) is 15.4. The van der Waals surface area contributed by atoms with Crippen LogP contribution in [0, 0.1) is 12.8 Å². The molecule has 1 fully saturated rings. The van der Waals surface area contributed by atoms with Crippen LogP contribution >= 0.6 is 0 Å². The maximum absolute atomic E-state index is 11.8. The zero-order valence-corrected chi connectivity index (χ0v) is 12.2. The third kappa shape index (κ3) is 4.21. The Balaban J connectivity index is 1.86. The Labute approximate surface area is 124 Å². The number of amides is 1. The minimum absolute atomic E-state index is 0.197. The van der Waals surface area contributed by atoms with Gasteiger partial charge in [0, 0.05) is 6.04 Å². The monoisotopic (exact) mass is 291 g/mol. The van der Waals surface area contributed by atoms with E-state index < -0.39 is 18.0 Å². The van der Waals surface area contributed by atoms with Gasteiger partial charge in [-0.1, -0.05) is 37.1 Å². The van der Waals surface area contributed by atoms with Crippen LogP contribution < -0.4 is 5.32 Å². The fraction of sp³-hybridized carbons (Fsp3) is 0.500. The molecule has 2 rings (SSSR count). The largest absolute Gasteiger partial charge is 0.481 e. The first-order valence-corrected chi connectivity index (χ1v) is 7.28. The molecule has 0 unspecified atom stereocenters. The predicted molar refractivity (Wildman–Crippen MR) is 77.9 cm³/mol. The Morgan fingerprint density at radius 1 is 1.29 bits per heavy atom. The number of carboxylic acids is 1. The van der Waals surface area contributed by atoms with E-state index in [1.54, 1.807) is 0 Å². The van der Waals surface area contributed by atoms with Crippen molar-refractivity contribution in [1.82, 2.24) is 5.32 Å². The molecule has 1 aliphatic carbocycles. The fourth-order valence-electron chi connectivity index (χ4n) is 2.71. The van der Waals surface area contributed by atoms with Crippen LogP contribution in [-0.4, -0.2) is 23.2 Å². The molecule has 1 aromatic carbocycles. The molecule has 5 nitrogen and oxygen atoms in total. The maximum Gasteiger partial charge on any atom is 0.407 e. The van der Waals surface area contributed by atoms with E-state index >= 15 is 0 Å². The number of alkyl carbamates (subject to hydrolysis) is 1. The summed E-state index contributed by atoms with van der Waals surface area (Å²) in [4.78, 5) is 23.0. The third-order valence-corrected chi connectivity index (χ3v) is 4.01. The first-order chi connectivity index (χ1) is 10.1. The third-order valence-electron chi connectivity index (χ3n) is 4.01. The van der Waals surface area contributed by atoms with Gasteiger partial charge in [-0.15, -0.1) is 0 Å². The Hall–Kier alpha value is -2.04. The van der Waals surface area contributed by atoms with Crippen molar-refractivity contribution in [2.75, 3.05) is 0 Å². The van der Waals surface area contributed by atoms with Gasteiger partial charge in [0.15, 0.2) is 0 Å². The van der Waals surface area contributed by atoms with Crippen molar-refractivity contribution in [1.29, 1.82) is 0 Å². The van der Waals surface area contributed by atoms with E-state index in [9.17, 15) is 14.7 Å². The minimum Gasteiger partial charge on any atom is -0.481 e. The molecule has 2 atom stereocenters. The SMILES string of the molecule is Cc1ccccc1COC(=O)N[C@@H]1CCCC[C@H]1C(=O)O. The van der Waals surface area contributed by atoms with Gasteiger partial charge in [-0.05, 0) is 30.9 Å². The van der Waals surface area contributed by atoms with Gasteiger partial charge in [0.2, 0.25) is 0 Å². The Kier molecular flexibility index (Phi) is 5.20. The molecule has 5 heteroatoms. The van der Waals surface area contributed by atoms with Crippen molar-refractivity contribution in [2.45, 2.75) is 45.3 Å². The number of rotatable bonds is 4. The van der Waals surface area contributed by atoms with Crippen LogP contribution in [0.1, 0.15) is 36.8 Å². The number of carboxylic acid groups (broad SMARTS) is 1. The summed E-state index contributed by atoms with van der Waals surface area (Å²) in [5.41, 5.74) is 2.01. The average molecular weight is 291 g/mol. The summed E-state index contributed by atoms with van der Waals surface area (Å²) in [5, 5.41) is 11.9. The zero-order chi connectivity index (χ0) is 15.2. The van der Waals surface area contributed by atoms with E-state index in [4.69, 9.17) is 4.74 Å². The van der Waals surface area contributed by atoms with Gasteiger partial charge < -0.3 is 15.2 Å². The topological polar surface area (TPSA) is 75.6 Å². The minimum atomic E-state index is -0.848. The number of hydrogen-bond acceptors (Lipinski definition) is 3. The molecular formula is C16H21NO4. The van der Waals surface area contributed by atoms with Crippen molar-refractivity contribution in [3.8, 4) is 0 Å². The van der Waals surface area contributed by atoms with Crippen LogP contribution in [-0.2, 0) is 16.1 Å². The summed E-state index contributed by atoms with van der Waals surface area (Å²) in [7, 11) is 0. The normalized spacial score (nSPS) is 21.6. The van der Waals surface area contributed by atoms with E-state index in [-0.39, 0.29) is 12.6 Å². The summed E-state index contributed by atoms with van der Waals surface area (Å²) in [5.74, 6) is -1.36. The van der Waals surface area contributed by atoms with Gasteiger partial charge >= 0.3 is 12.1 Å². The Morgan fingerprint density at radius 2 is 2.00 bits per heavy atom. The second-order valence-corrected chi connectivity index (χ2v) is 5.48. The molecule has 0 aliphatic heterocycles. The second-order valence-electron chi connectivity index (χ2n) is 5.48. The molecule has 1 aromatic rings. The fourth-order valence-corrected chi connectivity index (χ4v) is 2.71. The van der Waals surface area contributed by atoms with E-state index in [1.807, 2.05) is 31.2 Å². The van der Waals surface area contributed by atoms with Crippen LogP contribution in [0.3, 0.4) is 0 Å². The van der Waals surface area contributed by atoms with Gasteiger partial charge in [-0.25, -0.2) is 4.79 Å². The summed E-state index contributed by atoms with van der Waals surface area (Å²) < 4.78 is 5.20. The molecule has 0 saturated heterocycles. The highest BCUT2D eigenvalue weighted by molar-refractivity contribution is 5.73. The lowest BCUT2D eigenvalue weighted by Gasteiger charge is -2.28. The average Bonchev–Trinajstić information content (AvgIpc) is 2.47. The van der Waals surface area contributed by atoms with Crippen molar-refractivity contribution in [3.63, 3.8) is 0 Å². The van der Waals surface area contributed by atoms with Gasteiger partial charge in [0.1, 0.15) is 6.61 Å². The molecule has 0 heterocycles. The second kappa shape index (κ2) is 7.11. The lowest BCUT2D eigenvalue weighted by Crippen LogP contribution is -2.45. The van der Waals surface area contributed by atoms with Crippen LogP contribution in [0.15, 0.2) is 24.3 Å². The Morgan fingerprint density at radius 3 is 2.71 bits per heavy atom. The quantitative estimate of drug-likeness (QED) is 0.894. The molecule has 0 bridgehead atoms. The van der Waals surface area contributed by atoms with E-state index in [0.717, 1.165) is 24.0 Å². The number of ether oxygens (including phenoxy) is 1. The molecule has 1 saturated carbocycles. The van der Waals surface area contributed by atoms with Crippen molar-refractivity contribution in [2.24, 2.45) is 5.92 Å². The van der Waals surface area contributed by atoms with Gasteiger partial charge in [-0.3, -0.25) is 4.79 Å². The van der Waals surface area contributed by atoms with E-state index in [2.05, 4.69) is 5.32 Å². The van der Waals surface area contributed by atoms with Gasteiger partial charge in [0.05, 0.1) is 5.92 Å². The molecule has 1 aliphatic rings. The highest BCUT2D eigenvalue weighted by Crippen LogP contribution is 2.24. The van der Waals surface area contributed by atoms with Crippen molar-refractivity contribution >= 4 is 12.1 Å². The number of carbonyl (C=O) groups excluding carboxylic acids is 1. The highest BCUT2D eigenvalue weighted by Gasteiger charge is 2.32. The van der Waals surface area contributed by atoms with Crippen LogP contribution in [0.25, 0.3) is 0 Å². The summed E-state index contributed by atoms with van der Waals surface area (Å²) in [6.07, 6.45) is 2.59. The molecule has 0 aromatic heterocycles. The van der Waals surface area contributed by atoms with Crippen LogP contribution in [0.4, 0.5) is 4.79 Å². The van der Waals surface area contributed by atoms with Crippen LogP contribution in [0.5, 0.6) is 0 Å². The smallest absolute Gasteiger partial charge is 0.407 e. The highest BCUT2D eigenvalue weighted by atomic mass is 16.5. The number of hydrogen-bond donors (Lipinski definition) is 2. The van der Waals surface area contributed by atoms with Crippen LogP contribution in [0.2, 0.25) is 0 Å². The van der Waals surface area contributed by atoms with Gasteiger partial charge in [-0.2, -0.15) is 0 Å². The molecule has 1 amide bonds. The van der Waals surface area contributed by atoms with Crippen molar-refractivity contribution < 1.29 is 19.4 Å². The van der Waals surface area contributed by atoms with E-state index in [0.29, 0.717) is 12.8 Å². The van der Waals surface area contributed by atoms with E-state index in [1.165, 1.54) is 0 Å². The summed E-state index contributed by atoms with van der Waals surface area (Å²) >= 11 is 0. The summed E-state index contributed by atoms with van der Waals surface area (Å²) in [6.45, 7) is 2.15. The molecule has 2 N–H and O–H groups in total. The first-order valence-electron chi connectivity index (χ1n) is 7.28. The molecule has 0 spiro atoms. The molecule has 21 heavy (non-hydrogen) atoms. The number of aliphatic carboxylic acids is 1. The number of benzene rings is 1. The predicted octanol–water partition coefficient (Wildman–Crippen LogP) is 2.86. The lowest BCUT2D eigenvalue weighted by atomic mass is 9.85. The maximum atomic E-state index is 11.8. The lowest BCUT2D eigenvalue weighted by molar-refractivity contribution is -0.143. The number of carbonyl (C=O) groups is 2.